The second-order valence-electron chi connectivity index (χ2n) is 4.00. The van der Waals surface area contributed by atoms with Crippen LogP contribution in [0.2, 0.25) is 0 Å². The smallest absolute Gasteiger partial charge is 0.169 e. The van der Waals surface area contributed by atoms with Gasteiger partial charge in [0.15, 0.2) is 5.11 Å². The molecule has 2 fully saturated rings. The highest BCUT2D eigenvalue weighted by molar-refractivity contribution is 7.80. The minimum atomic E-state index is 0.669. The van der Waals surface area contributed by atoms with Crippen molar-refractivity contribution >= 4 is 17.3 Å². The lowest BCUT2D eigenvalue weighted by molar-refractivity contribution is 0.392. The van der Waals surface area contributed by atoms with Crippen molar-refractivity contribution in [1.29, 1.82) is 0 Å². The van der Waals surface area contributed by atoms with E-state index in [0.29, 0.717) is 6.04 Å². The number of rotatable bonds is 1. The third-order valence-electron chi connectivity index (χ3n) is 2.56. The Bertz CT molecular complexity index is 233. The summed E-state index contributed by atoms with van der Waals surface area (Å²) in [7, 11) is 0. The molecule has 1 saturated carbocycles. The van der Waals surface area contributed by atoms with Crippen molar-refractivity contribution in [2.24, 2.45) is 0 Å². The summed E-state index contributed by atoms with van der Waals surface area (Å²) < 4.78 is 0. The zero-order valence-corrected chi connectivity index (χ0v) is 8.70. The van der Waals surface area contributed by atoms with Gasteiger partial charge in [0.2, 0.25) is 0 Å². The van der Waals surface area contributed by atoms with E-state index in [4.69, 9.17) is 12.2 Å². The zero-order valence-electron chi connectivity index (χ0n) is 7.88. The fourth-order valence-electron chi connectivity index (χ4n) is 1.61. The van der Waals surface area contributed by atoms with Crippen LogP contribution in [0.3, 0.4) is 0 Å². The van der Waals surface area contributed by atoms with Gasteiger partial charge < -0.3 is 10.2 Å². The molecular formula is C10H16N2S. The minimum absolute atomic E-state index is 0.669. The van der Waals surface area contributed by atoms with Crippen LogP contribution in [0.1, 0.15) is 25.7 Å². The van der Waals surface area contributed by atoms with Crippen molar-refractivity contribution in [1.82, 2.24) is 10.2 Å². The Hall–Kier alpha value is -0.570. The summed E-state index contributed by atoms with van der Waals surface area (Å²) in [6.45, 7) is 6.06. The summed E-state index contributed by atoms with van der Waals surface area (Å²) in [6.07, 6.45) is 4.94. The van der Waals surface area contributed by atoms with Gasteiger partial charge in [0.25, 0.3) is 0 Å². The van der Waals surface area contributed by atoms with Crippen LogP contribution < -0.4 is 5.32 Å². The molecule has 0 amide bonds. The number of hydrogen-bond donors (Lipinski definition) is 1. The first-order valence-corrected chi connectivity index (χ1v) is 5.38. The minimum Gasteiger partial charge on any atom is -0.360 e. The van der Waals surface area contributed by atoms with Crippen molar-refractivity contribution in [2.75, 3.05) is 13.1 Å². The molecule has 13 heavy (non-hydrogen) atoms. The fraction of sp³-hybridized carbons (Fsp3) is 0.700. The molecule has 0 radical (unpaired) electrons. The molecule has 2 rings (SSSR count). The van der Waals surface area contributed by atoms with Gasteiger partial charge in [0.05, 0.1) is 0 Å². The number of thiocarbonyl (C=S) groups is 1. The summed E-state index contributed by atoms with van der Waals surface area (Å²) in [6, 6.07) is 0.669. The lowest BCUT2D eigenvalue weighted by atomic mass is 10.1. The van der Waals surface area contributed by atoms with Gasteiger partial charge in [0.1, 0.15) is 0 Å². The van der Waals surface area contributed by atoms with Gasteiger partial charge in [-0.1, -0.05) is 12.2 Å². The highest BCUT2D eigenvalue weighted by Gasteiger charge is 2.24. The van der Waals surface area contributed by atoms with Gasteiger partial charge in [-0.15, -0.1) is 0 Å². The molecule has 1 heterocycles. The Labute approximate surface area is 85.0 Å². The Morgan fingerprint density at radius 3 is 2.92 bits per heavy atom. The fourth-order valence-corrected chi connectivity index (χ4v) is 1.94. The molecule has 72 valence electrons. The average molecular weight is 196 g/mol. The van der Waals surface area contributed by atoms with Crippen LogP contribution in [0.15, 0.2) is 12.2 Å². The topological polar surface area (TPSA) is 15.3 Å². The second kappa shape index (κ2) is 3.66. The number of hydrogen-bond acceptors (Lipinski definition) is 1. The van der Waals surface area contributed by atoms with Gasteiger partial charge in [-0.05, 0) is 37.9 Å². The van der Waals surface area contributed by atoms with E-state index in [2.05, 4.69) is 16.8 Å². The Morgan fingerprint density at radius 2 is 2.31 bits per heavy atom. The van der Waals surface area contributed by atoms with Crippen LogP contribution in [0, 0.1) is 0 Å². The van der Waals surface area contributed by atoms with Crippen LogP contribution in [-0.4, -0.2) is 29.1 Å². The van der Waals surface area contributed by atoms with Crippen molar-refractivity contribution in [3.05, 3.63) is 12.2 Å². The number of nitrogens with one attached hydrogen (secondary N) is 1. The first kappa shape index (κ1) is 9.00. The standard InChI is InChI=1S/C10H16N2S/c1-8-3-2-6-12(7-8)10(13)11-9-4-5-9/h9H,1-7H2,(H,11,13). The molecule has 3 heteroatoms. The molecule has 1 aliphatic carbocycles. The van der Waals surface area contributed by atoms with Gasteiger partial charge in [-0.25, -0.2) is 0 Å². The number of likely N-dealkylation sites (tertiary alicyclic amines) is 1. The molecule has 0 atom stereocenters. The Kier molecular flexibility index (Phi) is 2.54. The van der Waals surface area contributed by atoms with E-state index in [1.54, 1.807) is 0 Å². The van der Waals surface area contributed by atoms with E-state index in [9.17, 15) is 0 Å². The van der Waals surface area contributed by atoms with E-state index in [1.165, 1.54) is 31.3 Å². The molecule has 2 aliphatic rings. The summed E-state index contributed by atoms with van der Waals surface area (Å²) in [4.78, 5) is 2.24. The molecule has 2 nitrogen and oxygen atoms in total. The summed E-state index contributed by atoms with van der Waals surface area (Å²) >= 11 is 5.32. The largest absolute Gasteiger partial charge is 0.360 e. The maximum atomic E-state index is 5.32. The maximum Gasteiger partial charge on any atom is 0.169 e. The predicted molar refractivity (Wildman–Crippen MR) is 58.7 cm³/mol. The van der Waals surface area contributed by atoms with E-state index in [1.807, 2.05) is 0 Å². The van der Waals surface area contributed by atoms with Crippen LogP contribution in [0.5, 0.6) is 0 Å². The summed E-state index contributed by atoms with van der Waals surface area (Å²) in [5.74, 6) is 0. The van der Waals surface area contributed by atoms with Crippen LogP contribution in [-0.2, 0) is 0 Å². The van der Waals surface area contributed by atoms with Gasteiger partial charge in [-0.3, -0.25) is 0 Å². The third kappa shape index (κ3) is 2.44. The Balaban J connectivity index is 1.83. The van der Waals surface area contributed by atoms with E-state index < -0.39 is 0 Å². The molecule has 0 unspecified atom stereocenters. The second-order valence-corrected chi connectivity index (χ2v) is 4.39. The van der Waals surface area contributed by atoms with Crippen LogP contribution in [0.25, 0.3) is 0 Å². The first-order valence-electron chi connectivity index (χ1n) is 4.98. The molecule has 0 spiro atoms. The molecule has 0 aromatic carbocycles. The predicted octanol–water partition coefficient (Wildman–Crippen LogP) is 1.68. The van der Waals surface area contributed by atoms with Gasteiger partial charge in [-0.2, -0.15) is 0 Å². The monoisotopic (exact) mass is 196 g/mol. The third-order valence-corrected chi connectivity index (χ3v) is 2.94. The van der Waals surface area contributed by atoms with Crippen LogP contribution >= 0.6 is 12.2 Å². The van der Waals surface area contributed by atoms with Gasteiger partial charge in [0, 0.05) is 19.1 Å². The van der Waals surface area contributed by atoms with Gasteiger partial charge >= 0.3 is 0 Å². The van der Waals surface area contributed by atoms with E-state index in [0.717, 1.165) is 18.2 Å². The molecular weight excluding hydrogens is 180 g/mol. The quantitative estimate of drug-likeness (QED) is 0.507. The molecule has 1 N–H and O–H groups in total. The van der Waals surface area contributed by atoms with E-state index >= 15 is 0 Å². The highest BCUT2D eigenvalue weighted by atomic mass is 32.1. The lowest BCUT2D eigenvalue weighted by Gasteiger charge is -2.30. The molecule has 0 bridgehead atoms. The molecule has 0 aromatic heterocycles. The van der Waals surface area contributed by atoms with Crippen molar-refractivity contribution in [3.8, 4) is 0 Å². The highest BCUT2D eigenvalue weighted by Crippen LogP contribution is 2.20. The lowest BCUT2D eigenvalue weighted by Crippen LogP contribution is -2.43. The SMILES string of the molecule is C=C1CCCN(C(=S)NC2CC2)C1. The summed E-state index contributed by atoms with van der Waals surface area (Å²) in [5, 5.41) is 4.29. The van der Waals surface area contributed by atoms with Crippen molar-refractivity contribution in [3.63, 3.8) is 0 Å². The summed E-state index contributed by atoms with van der Waals surface area (Å²) in [5.41, 5.74) is 1.31. The zero-order chi connectivity index (χ0) is 9.26. The first-order chi connectivity index (χ1) is 6.25. The van der Waals surface area contributed by atoms with Crippen LogP contribution in [0.4, 0.5) is 0 Å². The van der Waals surface area contributed by atoms with E-state index in [-0.39, 0.29) is 0 Å². The molecule has 1 saturated heterocycles. The normalized spacial score (nSPS) is 23.1. The van der Waals surface area contributed by atoms with Crippen molar-refractivity contribution < 1.29 is 0 Å². The average Bonchev–Trinajstić information content (AvgIpc) is 2.88. The number of piperidine rings is 1. The molecule has 0 aromatic rings. The molecule has 1 aliphatic heterocycles. The van der Waals surface area contributed by atoms with Crippen molar-refractivity contribution in [2.45, 2.75) is 31.7 Å². The Morgan fingerprint density at radius 1 is 1.54 bits per heavy atom. The number of nitrogens with zero attached hydrogens (tertiary/aromatic N) is 1. The maximum absolute atomic E-state index is 5.32.